The van der Waals surface area contributed by atoms with Crippen molar-refractivity contribution in [2.24, 2.45) is 0 Å². The van der Waals surface area contributed by atoms with E-state index in [1.807, 2.05) is 41.6 Å². The molecule has 1 aliphatic rings. The van der Waals surface area contributed by atoms with Gasteiger partial charge in [-0.1, -0.05) is 33.6 Å². The monoisotopic (exact) mass is 555 g/mol. The Labute approximate surface area is 183 Å². The van der Waals surface area contributed by atoms with Gasteiger partial charge in [-0.05, 0) is 59.9 Å². The maximum absolute atomic E-state index is 12.5. The SMILES string of the molecule is Cc1ccc(NC(=O)CN2C(=O)N/C(=C\c3cc(Br)cc(I)c3O)C2=O)cc1. The predicted octanol–water partition coefficient (Wildman–Crippen LogP) is 3.60. The van der Waals surface area contributed by atoms with Crippen LogP contribution < -0.4 is 10.6 Å². The summed E-state index contributed by atoms with van der Waals surface area (Å²) in [5.74, 6) is -1.14. The van der Waals surface area contributed by atoms with Crippen molar-refractivity contribution >= 4 is 68.1 Å². The van der Waals surface area contributed by atoms with E-state index < -0.39 is 24.4 Å². The lowest BCUT2D eigenvalue weighted by Gasteiger charge is -2.12. The lowest BCUT2D eigenvalue weighted by atomic mass is 10.1. The molecule has 0 radical (unpaired) electrons. The van der Waals surface area contributed by atoms with E-state index in [9.17, 15) is 19.5 Å². The number of nitrogens with one attached hydrogen (secondary N) is 2. The van der Waals surface area contributed by atoms with Crippen LogP contribution >= 0.6 is 38.5 Å². The number of rotatable bonds is 4. The molecule has 0 saturated carbocycles. The molecule has 0 atom stereocenters. The number of benzene rings is 2. The number of urea groups is 1. The number of nitrogens with zero attached hydrogens (tertiary/aromatic N) is 1. The smallest absolute Gasteiger partial charge is 0.329 e. The summed E-state index contributed by atoms with van der Waals surface area (Å²) in [6, 6.07) is 9.81. The second-order valence-corrected chi connectivity index (χ2v) is 8.20. The Morgan fingerprint density at radius 3 is 2.64 bits per heavy atom. The Morgan fingerprint density at radius 2 is 1.96 bits per heavy atom. The molecule has 9 heteroatoms. The highest BCUT2D eigenvalue weighted by molar-refractivity contribution is 14.1. The molecule has 2 aromatic rings. The summed E-state index contributed by atoms with van der Waals surface area (Å²) in [6.45, 7) is 1.51. The Hall–Kier alpha value is -2.40. The number of halogens is 2. The molecular weight excluding hydrogens is 541 g/mol. The minimum Gasteiger partial charge on any atom is -0.506 e. The molecule has 0 spiro atoms. The molecule has 1 aliphatic heterocycles. The standard InChI is InChI=1S/C19H15BrIN3O4/c1-10-2-4-13(5-3-10)22-16(25)9-24-18(27)15(23-19(24)28)7-11-6-12(20)8-14(21)17(11)26/h2-8,26H,9H2,1H3,(H,22,25)(H,23,28)/b15-7-. The van der Waals surface area contributed by atoms with Crippen LogP contribution in [0.3, 0.4) is 0 Å². The van der Waals surface area contributed by atoms with Gasteiger partial charge in [-0.3, -0.25) is 9.59 Å². The number of phenols is 1. The molecular formula is C19H15BrIN3O4. The first kappa shape index (κ1) is 20.3. The number of anilines is 1. The third kappa shape index (κ3) is 4.53. The lowest BCUT2D eigenvalue weighted by molar-refractivity contribution is -0.127. The normalized spacial score (nSPS) is 15.1. The van der Waals surface area contributed by atoms with E-state index in [4.69, 9.17) is 0 Å². The zero-order chi connectivity index (χ0) is 20.4. The quantitative estimate of drug-likeness (QED) is 0.305. The van der Waals surface area contributed by atoms with Crippen molar-refractivity contribution in [3.05, 3.63) is 61.3 Å². The predicted molar refractivity (Wildman–Crippen MR) is 117 cm³/mol. The van der Waals surface area contributed by atoms with E-state index in [1.54, 1.807) is 24.3 Å². The second-order valence-electron chi connectivity index (χ2n) is 6.12. The number of amides is 4. The molecule has 3 rings (SSSR count). The molecule has 3 N–H and O–H groups in total. The van der Waals surface area contributed by atoms with Crippen LogP contribution in [0.1, 0.15) is 11.1 Å². The van der Waals surface area contributed by atoms with Gasteiger partial charge in [-0.15, -0.1) is 0 Å². The number of imide groups is 1. The first-order valence-electron chi connectivity index (χ1n) is 8.13. The first-order valence-corrected chi connectivity index (χ1v) is 10.0. The van der Waals surface area contributed by atoms with Crippen LogP contribution in [0.5, 0.6) is 5.75 Å². The minimum atomic E-state index is -0.695. The molecule has 1 fully saturated rings. The Morgan fingerprint density at radius 1 is 1.29 bits per heavy atom. The van der Waals surface area contributed by atoms with Gasteiger partial charge in [-0.2, -0.15) is 0 Å². The van der Waals surface area contributed by atoms with Crippen LogP contribution in [-0.4, -0.2) is 34.4 Å². The number of aromatic hydroxyl groups is 1. The third-order valence-electron chi connectivity index (χ3n) is 3.96. The topological polar surface area (TPSA) is 98.7 Å². The average Bonchev–Trinajstić information content (AvgIpc) is 2.88. The summed E-state index contributed by atoms with van der Waals surface area (Å²) >= 11 is 5.28. The Balaban J connectivity index is 1.74. The van der Waals surface area contributed by atoms with Crippen LogP contribution in [-0.2, 0) is 9.59 Å². The Bertz CT molecular complexity index is 1000. The van der Waals surface area contributed by atoms with Gasteiger partial charge in [0.05, 0.1) is 3.57 Å². The van der Waals surface area contributed by atoms with Gasteiger partial charge in [0, 0.05) is 15.7 Å². The molecule has 0 unspecified atom stereocenters. The number of phenolic OH excluding ortho intramolecular Hbond substituents is 1. The fraction of sp³-hybridized carbons (Fsp3) is 0.105. The van der Waals surface area contributed by atoms with Crippen molar-refractivity contribution in [1.82, 2.24) is 10.2 Å². The van der Waals surface area contributed by atoms with Gasteiger partial charge in [0.2, 0.25) is 5.91 Å². The highest BCUT2D eigenvalue weighted by Crippen LogP contribution is 2.30. The summed E-state index contributed by atoms with van der Waals surface area (Å²) in [7, 11) is 0. The molecule has 144 valence electrons. The average molecular weight is 556 g/mol. The van der Waals surface area contributed by atoms with Crippen molar-refractivity contribution < 1.29 is 19.5 Å². The number of carbonyl (C=O) groups excluding carboxylic acids is 3. The maximum atomic E-state index is 12.5. The van der Waals surface area contributed by atoms with Gasteiger partial charge in [0.25, 0.3) is 5.91 Å². The zero-order valence-electron chi connectivity index (χ0n) is 14.6. The highest BCUT2D eigenvalue weighted by Gasteiger charge is 2.35. The Kier molecular flexibility index (Phi) is 6.04. The van der Waals surface area contributed by atoms with E-state index in [0.29, 0.717) is 19.3 Å². The van der Waals surface area contributed by atoms with Crippen LogP contribution in [0, 0.1) is 10.5 Å². The van der Waals surface area contributed by atoms with E-state index >= 15 is 0 Å². The number of carbonyl (C=O) groups is 3. The van der Waals surface area contributed by atoms with E-state index in [-0.39, 0.29) is 11.4 Å². The number of hydrogen-bond acceptors (Lipinski definition) is 4. The molecule has 28 heavy (non-hydrogen) atoms. The van der Waals surface area contributed by atoms with Crippen LogP contribution in [0.4, 0.5) is 10.5 Å². The molecule has 0 aliphatic carbocycles. The molecule has 1 saturated heterocycles. The molecule has 4 amide bonds. The van der Waals surface area contributed by atoms with Gasteiger partial charge in [0.1, 0.15) is 18.0 Å². The van der Waals surface area contributed by atoms with Crippen molar-refractivity contribution in [2.75, 3.05) is 11.9 Å². The van der Waals surface area contributed by atoms with Gasteiger partial charge in [0.15, 0.2) is 0 Å². The minimum absolute atomic E-state index is 0.00564. The maximum Gasteiger partial charge on any atom is 0.329 e. The first-order chi connectivity index (χ1) is 13.2. The summed E-state index contributed by atoms with van der Waals surface area (Å²) in [5.41, 5.74) is 1.98. The molecule has 1 heterocycles. The largest absolute Gasteiger partial charge is 0.506 e. The summed E-state index contributed by atoms with van der Waals surface area (Å²) in [6.07, 6.45) is 1.38. The van der Waals surface area contributed by atoms with E-state index in [1.165, 1.54) is 6.08 Å². The third-order valence-corrected chi connectivity index (χ3v) is 5.24. The van der Waals surface area contributed by atoms with Crippen LogP contribution in [0.15, 0.2) is 46.6 Å². The van der Waals surface area contributed by atoms with Crippen molar-refractivity contribution in [2.45, 2.75) is 6.92 Å². The number of hydrogen-bond donors (Lipinski definition) is 3. The number of aryl methyl sites for hydroxylation is 1. The van der Waals surface area contributed by atoms with Crippen LogP contribution in [0.25, 0.3) is 6.08 Å². The van der Waals surface area contributed by atoms with Crippen molar-refractivity contribution in [1.29, 1.82) is 0 Å². The van der Waals surface area contributed by atoms with Gasteiger partial charge >= 0.3 is 6.03 Å². The van der Waals surface area contributed by atoms with Gasteiger partial charge in [-0.25, -0.2) is 9.69 Å². The molecule has 0 bridgehead atoms. The van der Waals surface area contributed by atoms with Gasteiger partial charge < -0.3 is 15.7 Å². The highest BCUT2D eigenvalue weighted by atomic mass is 127. The van der Waals surface area contributed by atoms with E-state index in [2.05, 4.69) is 26.6 Å². The summed E-state index contributed by atoms with van der Waals surface area (Å²) in [5, 5.41) is 15.2. The summed E-state index contributed by atoms with van der Waals surface area (Å²) < 4.78 is 1.30. The molecule has 0 aromatic heterocycles. The summed E-state index contributed by atoms with van der Waals surface area (Å²) in [4.78, 5) is 37.7. The second kappa shape index (κ2) is 8.31. The zero-order valence-corrected chi connectivity index (χ0v) is 18.4. The fourth-order valence-corrected chi connectivity index (χ4v) is 4.10. The van der Waals surface area contributed by atoms with Crippen molar-refractivity contribution in [3.63, 3.8) is 0 Å². The van der Waals surface area contributed by atoms with Crippen LogP contribution in [0.2, 0.25) is 0 Å². The fourth-order valence-electron chi connectivity index (χ4n) is 2.55. The van der Waals surface area contributed by atoms with E-state index in [0.717, 1.165) is 10.5 Å². The van der Waals surface area contributed by atoms with Crippen molar-refractivity contribution in [3.8, 4) is 5.75 Å². The molecule has 2 aromatic carbocycles. The molecule has 7 nitrogen and oxygen atoms in total. The lowest BCUT2D eigenvalue weighted by Crippen LogP contribution is -2.38.